The van der Waals surface area contributed by atoms with Crippen molar-refractivity contribution in [3.8, 4) is 0 Å². The van der Waals surface area contributed by atoms with Crippen LogP contribution in [0.2, 0.25) is 0 Å². The van der Waals surface area contributed by atoms with E-state index in [0.717, 1.165) is 10.6 Å². The van der Waals surface area contributed by atoms with E-state index in [1.807, 2.05) is 13.0 Å². The van der Waals surface area contributed by atoms with E-state index < -0.39 is 0 Å². The van der Waals surface area contributed by atoms with Gasteiger partial charge >= 0.3 is 0 Å². The summed E-state index contributed by atoms with van der Waals surface area (Å²) in [6, 6.07) is 0. The molecule has 74 valence electrons. The summed E-state index contributed by atoms with van der Waals surface area (Å²) >= 11 is 6.15. The van der Waals surface area contributed by atoms with E-state index in [9.17, 15) is 0 Å². The van der Waals surface area contributed by atoms with Crippen LogP contribution in [0.5, 0.6) is 0 Å². The highest BCUT2D eigenvalue weighted by molar-refractivity contribution is 6.31. The Morgan fingerprint density at radius 3 is 2.00 bits per heavy atom. The van der Waals surface area contributed by atoms with E-state index in [2.05, 4.69) is 34.3 Å². The van der Waals surface area contributed by atoms with Crippen LogP contribution in [0.4, 0.5) is 0 Å². The monoisotopic (exact) mass is 198 g/mol. The summed E-state index contributed by atoms with van der Waals surface area (Å²) in [6.07, 6.45) is 3.76. The van der Waals surface area contributed by atoms with Crippen molar-refractivity contribution in [2.75, 3.05) is 0 Å². The molecule has 0 N–H and O–H groups in total. The van der Waals surface area contributed by atoms with E-state index in [1.165, 1.54) is 5.57 Å². The fourth-order valence-corrected chi connectivity index (χ4v) is 1.18. The van der Waals surface area contributed by atoms with Crippen LogP contribution in [0.1, 0.15) is 34.6 Å². The van der Waals surface area contributed by atoms with Gasteiger partial charge in [-0.05, 0) is 30.9 Å². The molecule has 0 unspecified atom stereocenters. The van der Waals surface area contributed by atoms with Gasteiger partial charge in [0.2, 0.25) is 0 Å². The molecule has 0 amide bonds. The summed E-state index contributed by atoms with van der Waals surface area (Å²) in [6.45, 7) is 14.2. The Hall–Kier alpha value is -0.490. The zero-order valence-corrected chi connectivity index (χ0v) is 10.00. The fraction of sp³-hybridized carbons (Fsp3) is 0.500. The molecule has 0 fully saturated rings. The van der Waals surface area contributed by atoms with Gasteiger partial charge in [-0.25, -0.2) is 0 Å². The number of hydrogen-bond acceptors (Lipinski definition) is 0. The van der Waals surface area contributed by atoms with Gasteiger partial charge in [-0.15, -0.1) is 0 Å². The zero-order chi connectivity index (χ0) is 10.6. The van der Waals surface area contributed by atoms with Gasteiger partial charge in [-0.2, -0.15) is 0 Å². The first kappa shape index (κ1) is 12.5. The number of halogens is 1. The van der Waals surface area contributed by atoms with E-state index in [4.69, 9.17) is 11.6 Å². The Balaban J connectivity index is 4.94. The van der Waals surface area contributed by atoms with Gasteiger partial charge < -0.3 is 0 Å². The maximum absolute atomic E-state index is 6.15. The van der Waals surface area contributed by atoms with Gasteiger partial charge in [0.1, 0.15) is 0 Å². The van der Waals surface area contributed by atoms with Crippen LogP contribution in [0, 0.1) is 5.41 Å². The highest BCUT2D eigenvalue weighted by Gasteiger charge is 2.14. The summed E-state index contributed by atoms with van der Waals surface area (Å²) in [5.41, 5.74) is 2.43. The molecule has 0 aromatic carbocycles. The first-order valence-electron chi connectivity index (χ1n) is 4.46. The number of allylic oxidation sites excluding steroid dienone is 5. The molecule has 0 aliphatic rings. The predicted molar refractivity (Wildman–Crippen MR) is 62.0 cm³/mol. The molecule has 0 aromatic rings. The first-order valence-corrected chi connectivity index (χ1v) is 4.84. The van der Waals surface area contributed by atoms with Gasteiger partial charge in [-0.1, -0.05) is 50.6 Å². The number of hydrogen-bond donors (Lipinski definition) is 0. The topological polar surface area (TPSA) is 0 Å². The lowest BCUT2D eigenvalue weighted by Crippen LogP contribution is -2.07. The van der Waals surface area contributed by atoms with Gasteiger partial charge in [0.25, 0.3) is 0 Å². The third-order valence-electron chi connectivity index (χ3n) is 2.16. The van der Waals surface area contributed by atoms with Crippen LogP contribution in [0.25, 0.3) is 0 Å². The first-order chi connectivity index (χ1) is 5.79. The molecule has 0 rings (SSSR count). The van der Waals surface area contributed by atoms with Gasteiger partial charge in [-0.3, -0.25) is 0 Å². The molecule has 0 bridgehead atoms. The lowest BCUT2D eigenvalue weighted by atomic mass is 9.87. The highest BCUT2D eigenvalue weighted by Crippen LogP contribution is 2.30. The van der Waals surface area contributed by atoms with Crippen molar-refractivity contribution in [1.82, 2.24) is 0 Å². The molecule has 0 atom stereocenters. The van der Waals surface area contributed by atoms with Crippen molar-refractivity contribution < 1.29 is 0 Å². The molecule has 0 aliphatic heterocycles. The highest BCUT2D eigenvalue weighted by atomic mass is 35.5. The average Bonchev–Trinajstić information content (AvgIpc) is 2.01. The van der Waals surface area contributed by atoms with Crippen molar-refractivity contribution in [2.45, 2.75) is 34.6 Å². The second-order valence-electron chi connectivity index (χ2n) is 4.32. The molecule has 0 nitrogen and oxygen atoms in total. The molecular formula is C12H19Cl. The van der Waals surface area contributed by atoms with Crippen LogP contribution in [0.3, 0.4) is 0 Å². The van der Waals surface area contributed by atoms with Crippen molar-refractivity contribution in [3.63, 3.8) is 0 Å². The lowest BCUT2D eigenvalue weighted by molar-refractivity contribution is 0.503. The minimum atomic E-state index is 0.134. The summed E-state index contributed by atoms with van der Waals surface area (Å²) in [4.78, 5) is 0. The third-order valence-corrected chi connectivity index (χ3v) is 2.55. The van der Waals surface area contributed by atoms with Crippen LogP contribution in [0.15, 0.2) is 34.9 Å². The van der Waals surface area contributed by atoms with E-state index >= 15 is 0 Å². The smallest absolute Gasteiger partial charge is 0.0403 e. The quantitative estimate of drug-likeness (QED) is 0.566. The van der Waals surface area contributed by atoms with Gasteiger partial charge in [0, 0.05) is 5.03 Å². The second-order valence-corrected chi connectivity index (χ2v) is 4.72. The largest absolute Gasteiger partial charge is 0.0988 e. The molecule has 1 heteroatoms. The lowest BCUT2D eigenvalue weighted by Gasteiger charge is -2.20. The van der Waals surface area contributed by atoms with Crippen molar-refractivity contribution >= 4 is 11.6 Å². The molecule has 0 saturated carbocycles. The second kappa shape index (κ2) is 4.66. The summed E-state index contributed by atoms with van der Waals surface area (Å²) < 4.78 is 0. The van der Waals surface area contributed by atoms with E-state index in [-0.39, 0.29) is 5.41 Å². The minimum Gasteiger partial charge on any atom is -0.0988 e. The summed E-state index contributed by atoms with van der Waals surface area (Å²) in [5.74, 6) is 0. The number of rotatable bonds is 2. The Bertz CT molecular complexity index is 249. The molecule has 0 aromatic heterocycles. The fourth-order valence-electron chi connectivity index (χ4n) is 0.725. The average molecular weight is 199 g/mol. The van der Waals surface area contributed by atoms with Crippen molar-refractivity contribution in [1.29, 1.82) is 0 Å². The minimum absolute atomic E-state index is 0.134. The van der Waals surface area contributed by atoms with E-state index in [0.29, 0.717) is 0 Å². The molecule has 0 aliphatic carbocycles. The molecule has 13 heavy (non-hydrogen) atoms. The van der Waals surface area contributed by atoms with Gasteiger partial charge in [0.05, 0.1) is 0 Å². The van der Waals surface area contributed by atoms with E-state index in [1.54, 1.807) is 6.08 Å². The summed E-state index contributed by atoms with van der Waals surface area (Å²) in [5, 5.41) is 0.824. The molecule has 0 spiro atoms. The molecule has 0 saturated heterocycles. The van der Waals surface area contributed by atoms with Gasteiger partial charge in [0.15, 0.2) is 0 Å². The molecule has 0 radical (unpaired) electrons. The maximum atomic E-state index is 6.15. The third kappa shape index (κ3) is 4.33. The normalized spacial score (nSPS) is 15.4. The molecular weight excluding hydrogens is 180 g/mol. The standard InChI is InChI=1S/C12H19Cl/c1-7-9(2)8-11(13)10(3)12(4,5)6/h7-8H,1H2,2-6H3. The van der Waals surface area contributed by atoms with Crippen LogP contribution in [-0.2, 0) is 0 Å². The van der Waals surface area contributed by atoms with Crippen LogP contribution >= 0.6 is 11.6 Å². The zero-order valence-electron chi connectivity index (χ0n) is 9.24. The SMILES string of the molecule is C=CC(C)=CC(Cl)=C(C)C(C)(C)C. The van der Waals surface area contributed by atoms with Crippen LogP contribution < -0.4 is 0 Å². The van der Waals surface area contributed by atoms with Crippen LogP contribution in [-0.4, -0.2) is 0 Å². The predicted octanol–water partition coefficient (Wildman–Crippen LogP) is 4.68. The Labute approximate surface area is 87.0 Å². The Kier molecular flexibility index (Phi) is 4.49. The van der Waals surface area contributed by atoms with Crippen molar-refractivity contribution in [3.05, 3.63) is 34.9 Å². The molecule has 0 heterocycles. The maximum Gasteiger partial charge on any atom is 0.0403 e. The van der Waals surface area contributed by atoms with Crippen molar-refractivity contribution in [2.24, 2.45) is 5.41 Å². The Morgan fingerprint density at radius 2 is 1.69 bits per heavy atom. The summed E-state index contributed by atoms with van der Waals surface area (Å²) in [7, 11) is 0. The Morgan fingerprint density at radius 1 is 1.23 bits per heavy atom.